The predicted octanol–water partition coefficient (Wildman–Crippen LogP) is 0.916. The second kappa shape index (κ2) is 8.05. The Morgan fingerprint density at radius 3 is 2.65 bits per heavy atom. The first-order valence-electron chi connectivity index (χ1n) is 6.01. The molecule has 0 spiro atoms. The summed E-state index contributed by atoms with van der Waals surface area (Å²) in [7, 11) is 1.31. The number of aromatic nitrogens is 2. The lowest BCUT2D eigenvalue weighted by molar-refractivity contribution is -0.145. The topological polar surface area (TPSA) is 107 Å². The molecular formula is C11H18N4O3S2. The van der Waals surface area contributed by atoms with Crippen molar-refractivity contribution in [3.8, 4) is 0 Å². The highest BCUT2D eigenvalue weighted by Crippen LogP contribution is 2.23. The fourth-order valence-corrected chi connectivity index (χ4v) is 2.92. The Kier molecular flexibility index (Phi) is 6.73. The molecule has 7 nitrogen and oxygen atoms in total. The highest BCUT2D eigenvalue weighted by Gasteiger charge is 2.22. The van der Waals surface area contributed by atoms with Crippen molar-refractivity contribution in [1.82, 2.24) is 15.5 Å². The van der Waals surface area contributed by atoms with Crippen LogP contribution in [0.2, 0.25) is 0 Å². The number of ether oxygens (including phenoxy) is 1. The number of nitrogen functional groups attached to an aromatic ring is 1. The number of methoxy groups -OCH3 is 1. The average molecular weight is 318 g/mol. The number of nitrogens with zero attached hydrogens (tertiary/aromatic N) is 2. The van der Waals surface area contributed by atoms with Crippen molar-refractivity contribution < 1.29 is 14.3 Å². The molecule has 0 aromatic carbocycles. The molecule has 0 saturated carbocycles. The third kappa shape index (κ3) is 5.74. The van der Waals surface area contributed by atoms with Gasteiger partial charge in [0.15, 0.2) is 4.34 Å². The van der Waals surface area contributed by atoms with Crippen LogP contribution in [0.15, 0.2) is 4.34 Å². The maximum absolute atomic E-state index is 11.8. The Morgan fingerprint density at radius 1 is 1.45 bits per heavy atom. The van der Waals surface area contributed by atoms with E-state index in [-0.39, 0.29) is 17.6 Å². The third-order valence-electron chi connectivity index (χ3n) is 2.28. The van der Waals surface area contributed by atoms with Gasteiger partial charge in [0.2, 0.25) is 11.0 Å². The fourth-order valence-electron chi connectivity index (χ4n) is 1.47. The Morgan fingerprint density at radius 2 is 2.15 bits per heavy atom. The molecule has 112 valence electrons. The van der Waals surface area contributed by atoms with Gasteiger partial charge in [-0.1, -0.05) is 36.9 Å². The van der Waals surface area contributed by atoms with Gasteiger partial charge in [-0.3, -0.25) is 4.79 Å². The van der Waals surface area contributed by atoms with Gasteiger partial charge in [0.25, 0.3) is 0 Å². The summed E-state index contributed by atoms with van der Waals surface area (Å²) < 4.78 is 5.30. The predicted molar refractivity (Wildman–Crippen MR) is 78.4 cm³/mol. The molecule has 9 heteroatoms. The molecule has 1 aromatic heterocycles. The zero-order valence-corrected chi connectivity index (χ0v) is 13.2. The van der Waals surface area contributed by atoms with Gasteiger partial charge in [0.1, 0.15) is 6.04 Å². The van der Waals surface area contributed by atoms with Gasteiger partial charge < -0.3 is 15.8 Å². The van der Waals surface area contributed by atoms with E-state index < -0.39 is 12.0 Å². The Labute approximate surface area is 125 Å². The molecule has 0 aliphatic rings. The second-order valence-electron chi connectivity index (χ2n) is 4.47. The quantitative estimate of drug-likeness (QED) is 0.568. The summed E-state index contributed by atoms with van der Waals surface area (Å²) >= 11 is 2.45. The van der Waals surface area contributed by atoms with Crippen LogP contribution in [0.1, 0.15) is 20.3 Å². The van der Waals surface area contributed by atoms with Crippen molar-refractivity contribution in [2.24, 2.45) is 5.92 Å². The van der Waals surface area contributed by atoms with Crippen molar-refractivity contribution in [3.63, 3.8) is 0 Å². The van der Waals surface area contributed by atoms with E-state index in [1.54, 1.807) is 0 Å². The summed E-state index contributed by atoms with van der Waals surface area (Å²) in [4.78, 5) is 23.4. The van der Waals surface area contributed by atoms with Crippen LogP contribution in [0.4, 0.5) is 5.13 Å². The van der Waals surface area contributed by atoms with E-state index in [2.05, 4.69) is 20.3 Å². The number of rotatable bonds is 7. The smallest absolute Gasteiger partial charge is 0.328 e. The number of nitrogens with one attached hydrogen (secondary N) is 1. The van der Waals surface area contributed by atoms with Gasteiger partial charge in [0.05, 0.1) is 12.9 Å². The molecule has 1 aromatic rings. The molecule has 1 atom stereocenters. The number of nitrogens with two attached hydrogens (primary N) is 1. The van der Waals surface area contributed by atoms with Gasteiger partial charge in [-0.15, -0.1) is 10.2 Å². The summed E-state index contributed by atoms with van der Waals surface area (Å²) in [6.07, 6.45) is 0.537. The molecule has 0 aliphatic carbocycles. The minimum absolute atomic E-state index is 0.153. The minimum Gasteiger partial charge on any atom is -0.467 e. The molecule has 1 rings (SSSR count). The van der Waals surface area contributed by atoms with E-state index in [0.29, 0.717) is 15.9 Å². The maximum atomic E-state index is 11.8. The van der Waals surface area contributed by atoms with E-state index in [9.17, 15) is 9.59 Å². The standard InChI is InChI=1S/C11H18N4O3S2/c1-6(2)4-7(9(17)18-3)13-8(16)5-19-11-15-14-10(12)20-11/h6-7H,4-5H2,1-3H3,(H2,12,14)(H,13,16)/t7-/m1/s1. The van der Waals surface area contributed by atoms with Crippen molar-refractivity contribution in [2.45, 2.75) is 30.6 Å². The molecule has 0 fully saturated rings. The van der Waals surface area contributed by atoms with Crippen molar-refractivity contribution >= 4 is 40.1 Å². The molecule has 0 unspecified atom stereocenters. The number of carbonyl (C=O) groups is 2. The van der Waals surface area contributed by atoms with E-state index in [1.165, 1.54) is 30.2 Å². The summed E-state index contributed by atoms with van der Waals surface area (Å²) in [5.74, 6) is -0.257. The van der Waals surface area contributed by atoms with Gasteiger partial charge in [-0.05, 0) is 12.3 Å². The number of anilines is 1. The average Bonchev–Trinajstić information content (AvgIpc) is 2.80. The SMILES string of the molecule is COC(=O)[C@@H](CC(C)C)NC(=O)CSc1nnc(N)s1. The van der Waals surface area contributed by atoms with Crippen LogP contribution >= 0.6 is 23.1 Å². The minimum atomic E-state index is -0.618. The van der Waals surface area contributed by atoms with Gasteiger partial charge in [-0.2, -0.15) is 0 Å². The molecular weight excluding hydrogens is 300 g/mol. The fraction of sp³-hybridized carbons (Fsp3) is 0.636. The van der Waals surface area contributed by atoms with Crippen LogP contribution in [0.25, 0.3) is 0 Å². The van der Waals surface area contributed by atoms with Crippen LogP contribution in [0.5, 0.6) is 0 Å². The zero-order chi connectivity index (χ0) is 15.1. The number of hydrogen-bond donors (Lipinski definition) is 2. The number of thioether (sulfide) groups is 1. The Balaban J connectivity index is 2.46. The molecule has 1 amide bonds. The summed E-state index contributed by atoms with van der Waals surface area (Å²) in [5.41, 5.74) is 5.45. The summed E-state index contributed by atoms with van der Waals surface area (Å²) in [5, 5.41) is 10.5. The van der Waals surface area contributed by atoms with Gasteiger partial charge >= 0.3 is 5.97 Å². The lowest BCUT2D eigenvalue weighted by Crippen LogP contribution is -2.43. The highest BCUT2D eigenvalue weighted by atomic mass is 32.2. The Hall–Kier alpha value is -1.35. The molecule has 20 heavy (non-hydrogen) atoms. The Bertz CT molecular complexity index is 464. The van der Waals surface area contributed by atoms with Crippen molar-refractivity contribution in [2.75, 3.05) is 18.6 Å². The highest BCUT2D eigenvalue weighted by molar-refractivity contribution is 8.01. The second-order valence-corrected chi connectivity index (χ2v) is 6.70. The summed E-state index contributed by atoms with van der Waals surface area (Å²) in [6.45, 7) is 3.95. The molecule has 0 saturated heterocycles. The first-order chi connectivity index (χ1) is 9.42. The lowest BCUT2D eigenvalue weighted by Gasteiger charge is -2.17. The first-order valence-corrected chi connectivity index (χ1v) is 7.81. The molecule has 0 bridgehead atoms. The van der Waals surface area contributed by atoms with Crippen LogP contribution in [-0.4, -0.2) is 41.0 Å². The lowest BCUT2D eigenvalue weighted by atomic mass is 10.0. The van der Waals surface area contributed by atoms with Gasteiger partial charge in [-0.25, -0.2) is 4.79 Å². The van der Waals surface area contributed by atoms with Crippen LogP contribution in [-0.2, 0) is 14.3 Å². The number of hydrogen-bond acceptors (Lipinski definition) is 8. The number of esters is 1. The monoisotopic (exact) mass is 318 g/mol. The van der Waals surface area contributed by atoms with Crippen molar-refractivity contribution in [1.29, 1.82) is 0 Å². The number of amides is 1. The van der Waals surface area contributed by atoms with Gasteiger partial charge in [0, 0.05) is 0 Å². The largest absolute Gasteiger partial charge is 0.467 e. The van der Waals surface area contributed by atoms with E-state index >= 15 is 0 Å². The summed E-state index contributed by atoms with van der Waals surface area (Å²) in [6, 6.07) is -0.618. The van der Waals surface area contributed by atoms with Crippen LogP contribution < -0.4 is 11.1 Å². The number of carbonyl (C=O) groups excluding carboxylic acids is 2. The normalized spacial score (nSPS) is 12.2. The molecule has 0 aliphatic heterocycles. The van der Waals surface area contributed by atoms with E-state index in [4.69, 9.17) is 5.73 Å². The van der Waals surface area contributed by atoms with E-state index in [0.717, 1.165) is 0 Å². The molecule has 3 N–H and O–H groups in total. The van der Waals surface area contributed by atoms with Crippen LogP contribution in [0.3, 0.4) is 0 Å². The van der Waals surface area contributed by atoms with E-state index in [1.807, 2.05) is 13.8 Å². The maximum Gasteiger partial charge on any atom is 0.328 e. The first kappa shape index (κ1) is 16.7. The van der Waals surface area contributed by atoms with Crippen LogP contribution in [0, 0.1) is 5.92 Å². The molecule has 0 radical (unpaired) electrons. The molecule has 1 heterocycles. The van der Waals surface area contributed by atoms with Crippen molar-refractivity contribution in [3.05, 3.63) is 0 Å². The zero-order valence-electron chi connectivity index (χ0n) is 11.6. The third-order valence-corrected chi connectivity index (χ3v) is 4.16.